The van der Waals surface area contributed by atoms with Crippen LogP contribution in [0.3, 0.4) is 0 Å². The van der Waals surface area contributed by atoms with Crippen molar-refractivity contribution in [2.45, 2.75) is 38.3 Å². The lowest BCUT2D eigenvalue weighted by atomic mass is 9.94. The van der Waals surface area contributed by atoms with E-state index in [1.54, 1.807) is 6.07 Å². The fourth-order valence-electron chi connectivity index (χ4n) is 1.90. The Hall–Kier alpha value is -0.200. The molecule has 0 radical (unpaired) electrons. The molecular formula is C13H18Cl2IN3. The average molecular weight is 414 g/mol. The Morgan fingerprint density at radius 2 is 2.11 bits per heavy atom. The van der Waals surface area contributed by atoms with Gasteiger partial charge in [0, 0.05) is 10.0 Å². The van der Waals surface area contributed by atoms with Gasteiger partial charge in [-0.1, -0.05) is 29.3 Å². The van der Waals surface area contributed by atoms with Crippen LogP contribution in [0.2, 0.25) is 10.0 Å². The molecule has 0 bridgehead atoms. The van der Waals surface area contributed by atoms with Crippen LogP contribution < -0.4 is 11.1 Å². The lowest BCUT2D eigenvalue weighted by Crippen LogP contribution is -2.36. The molecule has 0 spiro atoms. The molecule has 1 unspecified atom stereocenters. The molecule has 6 heteroatoms. The Bertz CT molecular complexity index is 461. The van der Waals surface area contributed by atoms with Crippen LogP contribution in [0.4, 0.5) is 0 Å². The van der Waals surface area contributed by atoms with Gasteiger partial charge in [0.05, 0.1) is 12.1 Å². The number of guanidine groups is 1. The van der Waals surface area contributed by atoms with Gasteiger partial charge < -0.3 is 11.1 Å². The van der Waals surface area contributed by atoms with Gasteiger partial charge in [-0.15, -0.1) is 24.0 Å². The van der Waals surface area contributed by atoms with Crippen LogP contribution in [0.1, 0.15) is 37.8 Å². The van der Waals surface area contributed by atoms with Crippen molar-refractivity contribution in [3.63, 3.8) is 0 Å². The number of nitrogens with one attached hydrogen (secondary N) is 1. The number of halogens is 3. The highest BCUT2D eigenvalue weighted by Gasteiger charge is 2.17. The molecule has 0 saturated heterocycles. The molecule has 1 aromatic carbocycles. The molecule has 1 saturated carbocycles. The van der Waals surface area contributed by atoms with E-state index in [2.05, 4.69) is 10.3 Å². The van der Waals surface area contributed by atoms with Gasteiger partial charge in [-0.25, -0.2) is 0 Å². The normalized spacial score (nSPS) is 17.3. The topological polar surface area (TPSA) is 50.4 Å². The smallest absolute Gasteiger partial charge is 0.189 e. The predicted molar refractivity (Wildman–Crippen MR) is 92.7 cm³/mol. The molecule has 1 fully saturated rings. The fraction of sp³-hybridized carbons (Fsp3) is 0.462. The zero-order chi connectivity index (χ0) is 13.1. The molecule has 2 rings (SSSR count). The van der Waals surface area contributed by atoms with Crippen molar-refractivity contribution in [3.8, 4) is 0 Å². The number of benzene rings is 1. The summed E-state index contributed by atoms with van der Waals surface area (Å²) in [6, 6.07) is 5.86. The second-order valence-electron chi connectivity index (χ2n) is 4.63. The van der Waals surface area contributed by atoms with Crippen LogP contribution in [-0.4, -0.2) is 12.0 Å². The quantitative estimate of drug-likeness (QED) is 0.444. The van der Waals surface area contributed by atoms with E-state index in [9.17, 15) is 0 Å². The van der Waals surface area contributed by atoms with E-state index >= 15 is 0 Å². The maximum absolute atomic E-state index is 6.15. The fourth-order valence-corrected chi connectivity index (χ4v) is 2.47. The Labute approximate surface area is 141 Å². The van der Waals surface area contributed by atoms with Gasteiger partial charge in [-0.05, 0) is 43.9 Å². The summed E-state index contributed by atoms with van der Waals surface area (Å²) in [6.45, 7) is 2.00. The van der Waals surface area contributed by atoms with Crippen molar-refractivity contribution in [2.75, 3.05) is 0 Å². The first-order chi connectivity index (χ1) is 8.56. The highest BCUT2D eigenvalue weighted by molar-refractivity contribution is 14.0. The largest absolute Gasteiger partial charge is 0.370 e. The summed E-state index contributed by atoms with van der Waals surface area (Å²) in [5, 5.41) is 4.43. The van der Waals surface area contributed by atoms with Crippen LogP contribution in [0, 0.1) is 0 Å². The van der Waals surface area contributed by atoms with Crippen LogP contribution >= 0.6 is 47.2 Å². The van der Waals surface area contributed by atoms with E-state index in [4.69, 9.17) is 28.9 Å². The summed E-state index contributed by atoms with van der Waals surface area (Å²) in [4.78, 5) is 4.41. The molecule has 1 aliphatic rings. The minimum Gasteiger partial charge on any atom is -0.370 e. The van der Waals surface area contributed by atoms with Crippen LogP contribution in [0.25, 0.3) is 0 Å². The van der Waals surface area contributed by atoms with Crippen LogP contribution in [0.15, 0.2) is 23.2 Å². The van der Waals surface area contributed by atoms with Gasteiger partial charge in [-0.3, -0.25) is 4.99 Å². The standard InChI is InChI=1S/C13H17Cl2N3.HI/c1-8(11-6-5-9(14)7-12(11)15)17-13(16)18-10-3-2-4-10;/h5-8,10H,2-4H2,1H3,(H3,16,17,18);1H. The highest BCUT2D eigenvalue weighted by atomic mass is 127. The van der Waals surface area contributed by atoms with Crippen molar-refractivity contribution < 1.29 is 0 Å². The van der Waals surface area contributed by atoms with Crippen molar-refractivity contribution in [1.82, 2.24) is 5.32 Å². The minimum atomic E-state index is 0. The summed E-state index contributed by atoms with van der Waals surface area (Å²) in [5.41, 5.74) is 6.84. The van der Waals surface area contributed by atoms with Crippen molar-refractivity contribution in [1.29, 1.82) is 0 Å². The molecule has 3 nitrogen and oxygen atoms in total. The van der Waals surface area contributed by atoms with Gasteiger partial charge in [0.1, 0.15) is 0 Å². The molecule has 19 heavy (non-hydrogen) atoms. The van der Waals surface area contributed by atoms with Gasteiger partial charge >= 0.3 is 0 Å². The summed E-state index contributed by atoms with van der Waals surface area (Å²) < 4.78 is 0. The first kappa shape index (κ1) is 16.9. The summed E-state index contributed by atoms with van der Waals surface area (Å²) in [6.07, 6.45) is 3.52. The predicted octanol–water partition coefficient (Wildman–Crippen LogP) is 4.13. The summed E-state index contributed by atoms with van der Waals surface area (Å²) >= 11 is 12.0. The van der Waals surface area contributed by atoms with E-state index in [1.807, 2.05) is 19.1 Å². The zero-order valence-corrected chi connectivity index (χ0v) is 14.5. The maximum atomic E-state index is 6.15. The molecule has 1 aliphatic carbocycles. The SMILES string of the molecule is CC(NC(N)=NC1CCC1)c1ccc(Cl)cc1Cl.I. The summed E-state index contributed by atoms with van der Waals surface area (Å²) in [7, 11) is 0. The van der Waals surface area contributed by atoms with Gasteiger partial charge in [0.2, 0.25) is 0 Å². The lowest BCUT2D eigenvalue weighted by Gasteiger charge is -2.23. The van der Waals surface area contributed by atoms with Gasteiger partial charge in [0.25, 0.3) is 0 Å². The second-order valence-corrected chi connectivity index (χ2v) is 5.47. The number of nitrogens with zero attached hydrogens (tertiary/aromatic N) is 1. The number of hydrogen-bond acceptors (Lipinski definition) is 1. The van der Waals surface area contributed by atoms with Crippen molar-refractivity contribution >= 4 is 53.1 Å². The first-order valence-electron chi connectivity index (χ1n) is 6.11. The van der Waals surface area contributed by atoms with Crippen LogP contribution in [-0.2, 0) is 0 Å². The molecule has 1 atom stereocenters. The van der Waals surface area contributed by atoms with E-state index in [1.165, 1.54) is 6.42 Å². The third-order valence-corrected chi connectivity index (χ3v) is 3.75. The third-order valence-electron chi connectivity index (χ3n) is 3.19. The summed E-state index contributed by atoms with van der Waals surface area (Å²) in [5.74, 6) is 0.484. The van der Waals surface area contributed by atoms with E-state index in [-0.39, 0.29) is 30.0 Å². The molecule has 3 N–H and O–H groups in total. The Kier molecular flexibility index (Phi) is 6.69. The average Bonchev–Trinajstić information content (AvgIpc) is 2.23. The number of hydrogen-bond donors (Lipinski definition) is 2. The number of aliphatic imine (C=N–C) groups is 1. The Morgan fingerprint density at radius 1 is 1.42 bits per heavy atom. The minimum absolute atomic E-state index is 0. The van der Waals surface area contributed by atoms with Gasteiger partial charge in [-0.2, -0.15) is 0 Å². The third kappa shape index (κ3) is 4.68. The Balaban J connectivity index is 0.00000180. The van der Waals surface area contributed by atoms with Crippen molar-refractivity contribution in [3.05, 3.63) is 33.8 Å². The van der Waals surface area contributed by atoms with E-state index in [0.29, 0.717) is 22.0 Å². The molecule has 0 heterocycles. The maximum Gasteiger partial charge on any atom is 0.189 e. The van der Waals surface area contributed by atoms with Crippen LogP contribution in [0.5, 0.6) is 0 Å². The van der Waals surface area contributed by atoms with E-state index < -0.39 is 0 Å². The first-order valence-corrected chi connectivity index (χ1v) is 6.86. The second kappa shape index (κ2) is 7.55. The highest BCUT2D eigenvalue weighted by Crippen LogP contribution is 2.26. The van der Waals surface area contributed by atoms with Crippen molar-refractivity contribution in [2.24, 2.45) is 10.7 Å². The lowest BCUT2D eigenvalue weighted by molar-refractivity contribution is 0.418. The molecular weight excluding hydrogens is 396 g/mol. The zero-order valence-electron chi connectivity index (χ0n) is 10.7. The monoisotopic (exact) mass is 413 g/mol. The van der Waals surface area contributed by atoms with E-state index in [0.717, 1.165) is 18.4 Å². The molecule has 0 aromatic heterocycles. The molecule has 106 valence electrons. The molecule has 0 aliphatic heterocycles. The Morgan fingerprint density at radius 3 is 2.63 bits per heavy atom. The molecule has 0 amide bonds. The molecule has 1 aromatic rings. The van der Waals surface area contributed by atoms with Gasteiger partial charge in [0.15, 0.2) is 5.96 Å². The number of nitrogens with two attached hydrogens (primary N) is 1. The number of rotatable bonds is 3.